The number of nitrogens with zero attached hydrogens (tertiary/aromatic N) is 1. The van der Waals surface area contributed by atoms with Gasteiger partial charge in [-0.1, -0.05) is 74.8 Å². The van der Waals surface area contributed by atoms with E-state index in [2.05, 4.69) is 48.7 Å². The van der Waals surface area contributed by atoms with E-state index in [1.54, 1.807) is 24.3 Å². The lowest BCUT2D eigenvalue weighted by molar-refractivity contribution is -0.121. The molecule has 1 aromatic rings. The highest BCUT2D eigenvalue weighted by molar-refractivity contribution is 7.47. The van der Waals surface area contributed by atoms with Crippen molar-refractivity contribution in [2.24, 2.45) is 0 Å². The van der Waals surface area contributed by atoms with Crippen molar-refractivity contribution >= 4 is 25.5 Å². The van der Waals surface area contributed by atoms with Crippen molar-refractivity contribution in [3.05, 3.63) is 71.8 Å². The molecule has 1 heterocycles. The molecule has 10 heteroatoms. The van der Waals surface area contributed by atoms with E-state index in [0.29, 0.717) is 30.5 Å². The number of carbonyl (C=O) groups excluding carboxylic acids is 3. The number of amides is 3. The topological polar surface area (TPSA) is 122 Å². The normalized spacial score (nSPS) is 14.9. The Bertz CT molecular complexity index is 1060. The molecule has 0 aliphatic carbocycles. The average molecular weight is 589 g/mol. The standard InChI is InChI=1S/C31H45N2O7P/c1-2-3-4-5-6-7-8-9-10-11-12-13-14-15-16-22-29(34)32-23-19-25-39-41(37,38)40-26-24-33-30(35)27-20-17-18-21-28(27)31(33)36/h3-4,6-7,9-10,17-18,20-21H,2,5,8,11-16,19,22-26H2,1H3,(H,32,34)(H,37,38). The van der Waals surface area contributed by atoms with Crippen molar-refractivity contribution < 1.29 is 32.9 Å². The van der Waals surface area contributed by atoms with Crippen LogP contribution in [-0.4, -0.2) is 53.8 Å². The predicted octanol–water partition coefficient (Wildman–Crippen LogP) is 6.51. The molecule has 1 atom stereocenters. The summed E-state index contributed by atoms with van der Waals surface area (Å²) in [5.74, 6) is -0.968. The fourth-order valence-electron chi connectivity index (χ4n) is 4.20. The van der Waals surface area contributed by atoms with Crippen LogP contribution in [0.25, 0.3) is 0 Å². The summed E-state index contributed by atoms with van der Waals surface area (Å²) in [6, 6.07) is 6.45. The number of benzene rings is 1. The van der Waals surface area contributed by atoms with Crippen molar-refractivity contribution in [2.75, 3.05) is 26.3 Å². The Morgan fingerprint density at radius 2 is 1.44 bits per heavy atom. The summed E-state index contributed by atoms with van der Waals surface area (Å²) in [5, 5.41) is 2.79. The Balaban J connectivity index is 1.41. The number of fused-ring (bicyclic) bond motifs is 1. The Labute approximate surface area is 244 Å². The van der Waals surface area contributed by atoms with E-state index in [9.17, 15) is 23.8 Å². The summed E-state index contributed by atoms with van der Waals surface area (Å²) in [7, 11) is -4.34. The van der Waals surface area contributed by atoms with Crippen LogP contribution >= 0.6 is 7.82 Å². The number of allylic oxidation sites excluding steroid dienone is 6. The summed E-state index contributed by atoms with van der Waals surface area (Å²) in [6.45, 7) is 1.88. The highest BCUT2D eigenvalue weighted by Gasteiger charge is 2.35. The van der Waals surface area contributed by atoms with Crippen molar-refractivity contribution in [2.45, 2.75) is 77.6 Å². The van der Waals surface area contributed by atoms with E-state index in [1.165, 1.54) is 0 Å². The fraction of sp³-hybridized carbons (Fsp3) is 0.516. The minimum Gasteiger partial charge on any atom is -0.356 e. The van der Waals surface area contributed by atoms with Crippen molar-refractivity contribution in [1.82, 2.24) is 10.2 Å². The van der Waals surface area contributed by atoms with E-state index >= 15 is 0 Å². The summed E-state index contributed by atoms with van der Waals surface area (Å²) in [4.78, 5) is 47.4. The van der Waals surface area contributed by atoms with Gasteiger partial charge in [-0.25, -0.2) is 4.57 Å². The third kappa shape index (κ3) is 14.1. The quantitative estimate of drug-likeness (QED) is 0.0685. The van der Waals surface area contributed by atoms with Gasteiger partial charge in [-0.3, -0.25) is 28.3 Å². The number of phosphoric ester groups is 1. The Morgan fingerprint density at radius 1 is 0.854 bits per heavy atom. The molecule has 3 amide bonds. The summed E-state index contributed by atoms with van der Waals surface area (Å²) in [6.07, 6.45) is 23.4. The van der Waals surface area contributed by atoms with Crippen LogP contribution in [0.3, 0.4) is 0 Å². The first kappa shape index (κ1) is 34.4. The maximum atomic E-state index is 12.3. The first-order valence-electron chi connectivity index (χ1n) is 14.6. The number of imide groups is 1. The third-order valence-corrected chi connectivity index (χ3v) is 7.42. The molecule has 2 N–H and O–H groups in total. The predicted molar refractivity (Wildman–Crippen MR) is 160 cm³/mol. The number of rotatable bonds is 22. The summed E-state index contributed by atoms with van der Waals surface area (Å²) in [5.41, 5.74) is 0.606. The second-order valence-electron chi connectivity index (χ2n) is 9.75. The van der Waals surface area contributed by atoms with Gasteiger partial charge in [0.1, 0.15) is 0 Å². The smallest absolute Gasteiger partial charge is 0.356 e. The summed E-state index contributed by atoms with van der Waals surface area (Å²) < 4.78 is 21.9. The molecule has 0 saturated carbocycles. The van der Waals surface area contributed by atoms with Gasteiger partial charge in [0.25, 0.3) is 11.8 Å². The van der Waals surface area contributed by atoms with Crippen molar-refractivity contribution in [1.29, 1.82) is 0 Å². The molecule has 0 fully saturated rings. The zero-order valence-electron chi connectivity index (χ0n) is 24.2. The van der Waals surface area contributed by atoms with Crippen molar-refractivity contribution in [3.63, 3.8) is 0 Å². The minimum atomic E-state index is -4.34. The molecule has 0 bridgehead atoms. The first-order valence-corrected chi connectivity index (χ1v) is 16.1. The van der Waals surface area contributed by atoms with Gasteiger partial charge in [0, 0.05) is 13.0 Å². The van der Waals surface area contributed by atoms with Gasteiger partial charge in [0.05, 0.1) is 30.9 Å². The largest absolute Gasteiger partial charge is 0.472 e. The van der Waals surface area contributed by atoms with E-state index < -0.39 is 19.6 Å². The van der Waals surface area contributed by atoms with Crippen molar-refractivity contribution in [3.8, 4) is 0 Å². The molecule has 0 radical (unpaired) electrons. The monoisotopic (exact) mass is 588 g/mol. The maximum Gasteiger partial charge on any atom is 0.472 e. The van der Waals surface area contributed by atoms with E-state index in [-0.39, 0.29) is 25.7 Å². The number of hydrogen-bond donors (Lipinski definition) is 2. The molecule has 1 unspecified atom stereocenters. The SMILES string of the molecule is CCC=CCC=CCC=CCCCCCCCC(=O)NCCCOP(=O)(O)OCCN1C(=O)c2ccccc2C1=O. The van der Waals surface area contributed by atoms with Crippen LogP contribution in [0.2, 0.25) is 0 Å². The summed E-state index contributed by atoms with van der Waals surface area (Å²) >= 11 is 0. The lowest BCUT2D eigenvalue weighted by Gasteiger charge is -2.16. The maximum absolute atomic E-state index is 12.3. The average Bonchev–Trinajstić information content (AvgIpc) is 3.19. The van der Waals surface area contributed by atoms with Gasteiger partial charge in [-0.05, 0) is 57.1 Å². The van der Waals surface area contributed by atoms with Gasteiger partial charge >= 0.3 is 7.82 Å². The Morgan fingerprint density at radius 3 is 2.12 bits per heavy atom. The number of hydrogen-bond acceptors (Lipinski definition) is 6. The van der Waals surface area contributed by atoms with Crippen LogP contribution in [0, 0.1) is 0 Å². The number of nitrogens with one attached hydrogen (secondary N) is 1. The van der Waals surface area contributed by atoms with Crippen LogP contribution in [0.4, 0.5) is 0 Å². The van der Waals surface area contributed by atoms with Gasteiger partial charge < -0.3 is 10.2 Å². The lowest BCUT2D eigenvalue weighted by atomic mass is 10.1. The second-order valence-corrected chi connectivity index (χ2v) is 11.2. The zero-order chi connectivity index (χ0) is 29.8. The molecule has 9 nitrogen and oxygen atoms in total. The molecule has 1 aliphatic rings. The lowest BCUT2D eigenvalue weighted by Crippen LogP contribution is -2.32. The van der Waals surface area contributed by atoms with E-state index in [4.69, 9.17) is 9.05 Å². The van der Waals surface area contributed by atoms with Crippen LogP contribution in [0.1, 0.15) is 98.3 Å². The highest BCUT2D eigenvalue weighted by atomic mass is 31.2. The molecule has 1 aromatic carbocycles. The number of carbonyl (C=O) groups is 3. The van der Waals surface area contributed by atoms with Crippen LogP contribution < -0.4 is 5.32 Å². The number of unbranched alkanes of at least 4 members (excludes halogenated alkanes) is 5. The molecule has 2 rings (SSSR count). The van der Waals surface area contributed by atoms with Gasteiger partial charge in [0.2, 0.25) is 5.91 Å². The van der Waals surface area contributed by atoms with E-state index in [1.807, 2.05) is 0 Å². The van der Waals surface area contributed by atoms with Gasteiger partial charge in [-0.2, -0.15) is 0 Å². The minimum absolute atomic E-state index is 0.0458. The molecule has 41 heavy (non-hydrogen) atoms. The molecule has 0 aromatic heterocycles. The Hall–Kier alpha value is -2.84. The van der Waals surface area contributed by atoms with E-state index in [0.717, 1.165) is 62.7 Å². The Kier molecular flexibility index (Phi) is 16.8. The fourth-order valence-corrected chi connectivity index (χ4v) is 4.95. The highest BCUT2D eigenvalue weighted by Crippen LogP contribution is 2.43. The zero-order valence-corrected chi connectivity index (χ0v) is 25.1. The second kappa shape index (κ2) is 20.1. The first-order chi connectivity index (χ1) is 19.9. The molecule has 226 valence electrons. The van der Waals surface area contributed by atoms with Crippen LogP contribution in [0.5, 0.6) is 0 Å². The van der Waals surface area contributed by atoms with Crippen LogP contribution in [0.15, 0.2) is 60.7 Å². The molecule has 1 aliphatic heterocycles. The molecule has 0 saturated heterocycles. The molecule has 0 spiro atoms. The van der Waals surface area contributed by atoms with Gasteiger partial charge in [-0.15, -0.1) is 0 Å². The van der Waals surface area contributed by atoms with Crippen LogP contribution in [-0.2, 0) is 18.4 Å². The molecular formula is C31H45N2O7P. The number of phosphoric acid groups is 1. The molecular weight excluding hydrogens is 543 g/mol. The third-order valence-electron chi connectivity index (χ3n) is 6.40. The van der Waals surface area contributed by atoms with Gasteiger partial charge in [0.15, 0.2) is 0 Å².